The molecule has 2 N–H and O–H groups in total. The molecule has 1 heterocycles. The van der Waals surface area contributed by atoms with E-state index in [0.29, 0.717) is 11.0 Å². The fourth-order valence-electron chi connectivity index (χ4n) is 3.80. The number of rotatable bonds is 3. The van der Waals surface area contributed by atoms with E-state index in [9.17, 15) is 4.79 Å². The summed E-state index contributed by atoms with van der Waals surface area (Å²) in [6.45, 7) is 0. The smallest absolute Gasteiger partial charge is 0.321 e. The van der Waals surface area contributed by atoms with Crippen LogP contribution in [0.1, 0.15) is 66.6 Å². The largest absolute Gasteiger partial charge is 0.331 e. The number of aryl methyl sites for hydroxylation is 1. The highest BCUT2D eigenvalue weighted by atomic mass is 32.1. The quantitative estimate of drug-likeness (QED) is 0.869. The number of fused-ring (bicyclic) bond motifs is 1. The van der Waals surface area contributed by atoms with E-state index in [1.807, 2.05) is 6.07 Å². The lowest BCUT2D eigenvalue weighted by Crippen LogP contribution is -2.31. The second-order valence-electron chi connectivity index (χ2n) is 6.67. The number of anilines is 1. The Balaban J connectivity index is 1.36. The molecular weight excluding hydrogens is 320 g/mol. The van der Waals surface area contributed by atoms with Gasteiger partial charge in [0.2, 0.25) is 5.13 Å². The van der Waals surface area contributed by atoms with Crippen molar-refractivity contribution < 1.29 is 4.79 Å². The molecule has 0 radical (unpaired) electrons. The van der Waals surface area contributed by atoms with E-state index in [-0.39, 0.29) is 12.1 Å². The van der Waals surface area contributed by atoms with Gasteiger partial charge in [-0.05, 0) is 36.8 Å². The van der Waals surface area contributed by atoms with Gasteiger partial charge in [-0.1, -0.05) is 54.9 Å². The maximum absolute atomic E-state index is 12.3. The average Bonchev–Trinajstić information content (AvgIpc) is 3.23. The highest BCUT2D eigenvalue weighted by Crippen LogP contribution is 2.35. The third kappa shape index (κ3) is 3.29. The van der Waals surface area contributed by atoms with Gasteiger partial charge in [0.15, 0.2) is 0 Å². The first-order valence-corrected chi connectivity index (χ1v) is 9.60. The van der Waals surface area contributed by atoms with Crippen LogP contribution < -0.4 is 10.6 Å². The zero-order valence-electron chi connectivity index (χ0n) is 13.6. The highest BCUT2D eigenvalue weighted by molar-refractivity contribution is 7.15. The van der Waals surface area contributed by atoms with Crippen LogP contribution in [-0.2, 0) is 6.42 Å². The zero-order valence-corrected chi connectivity index (χ0v) is 14.4. The minimum Gasteiger partial charge on any atom is -0.331 e. The molecule has 1 unspecified atom stereocenters. The van der Waals surface area contributed by atoms with E-state index in [2.05, 4.69) is 39.0 Å². The van der Waals surface area contributed by atoms with Gasteiger partial charge in [0, 0.05) is 5.92 Å². The Morgan fingerprint density at radius 3 is 2.79 bits per heavy atom. The lowest BCUT2D eigenvalue weighted by molar-refractivity contribution is 0.248. The molecule has 1 aromatic heterocycles. The molecule has 1 fully saturated rings. The Morgan fingerprint density at radius 1 is 1.08 bits per heavy atom. The van der Waals surface area contributed by atoms with Crippen LogP contribution in [0.25, 0.3) is 0 Å². The number of amides is 2. The van der Waals surface area contributed by atoms with Gasteiger partial charge in [-0.3, -0.25) is 5.32 Å². The molecule has 0 spiro atoms. The van der Waals surface area contributed by atoms with Gasteiger partial charge in [-0.15, -0.1) is 10.2 Å². The number of hydrogen-bond acceptors (Lipinski definition) is 4. The molecule has 1 saturated carbocycles. The molecule has 126 valence electrons. The van der Waals surface area contributed by atoms with Gasteiger partial charge >= 0.3 is 6.03 Å². The molecule has 2 aliphatic rings. The summed E-state index contributed by atoms with van der Waals surface area (Å²) in [7, 11) is 0. The molecule has 0 aliphatic heterocycles. The number of hydrogen-bond donors (Lipinski definition) is 2. The molecule has 2 aromatic rings. The summed E-state index contributed by atoms with van der Waals surface area (Å²) >= 11 is 1.52. The Morgan fingerprint density at radius 2 is 1.92 bits per heavy atom. The van der Waals surface area contributed by atoms with Gasteiger partial charge in [-0.25, -0.2) is 4.79 Å². The average molecular weight is 342 g/mol. The fourth-order valence-corrected chi connectivity index (χ4v) is 4.71. The summed E-state index contributed by atoms with van der Waals surface area (Å²) in [5, 5.41) is 16.0. The van der Waals surface area contributed by atoms with Crippen molar-refractivity contribution in [1.29, 1.82) is 0 Å². The Hall–Kier alpha value is -1.95. The maximum Gasteiger partial charge on any atom is 0.321 e. The molecule has 24 heavy (non-hydrogen) atoms. The molecule has 1 aromatic carbocycles. The van der Waals surface area contributed by atoms with Crippen molar-refractivity contribution in [3.05, 3.63) is 40.4 Å². The number of nitrogens with zero attached hydrogens (tertiary/aromatic N) is 2. The molecule has 1 atom stereocenters. The fraction of sp³-hybridized carbons (Fsp3) is 0.500. The van der Waals surface area contributed by atoms with Crippen LogP contribution >= 0.6 is 11.3 Å². The molecular formula is C18H22N4OS. The second kappa shape index (κ2) is 6.89. The molecule has 6 heteroatoms. The predicted octanol–water partition coefficient (Wildman–Crippen LogP) is 4.39. The molecule has 2 aliphatic carbocycles. The topological polar surface area (TPSA) is 66.9 Å². The minimum absolute atomic E-state index is 0.0898. The van der Waals surface area contributed by atoms with E-state index < -0.39 is 0 Å². The number of benzene rings is 1. The number of carbonyl (C=O) groups excluding carboxylic acids is 1. The van der Waals surface area contributed by atoms with Crippen LogP contribution in [0.4, 0.5) is 9.93 Å². The van der Waals surface area contributed by atoms with Crippen molar-refractivity contribution in [3.63, 3.8) is 0 Å². The minimum atomic E-state index is -0.192. The number of urea groups is 1. The van der Waals surface area contributed by atoms with Crippen LogP contribution in [-0.4, -0.2) is 16.2 Å². The van der Waals surface area contributed by atoms with Crippen LogP contribution in [0.5, 0.6) is 0 Å². The van der Waals surface area contributed by atoms with E-state index in [0.717, 1.165) is 17.8 Å². The monoisotopic (exact) mass is 342 g/mol. The summed E-state index contributed by atoms with van der Waals surface area (Å²) in [6, 6.07) is 8.21. The van der Waals surface area contributed by atoms with Crippen molar-refractivity contribution in [2.24, 2.45) is 0 Å². The molecule has 0 saturated heterocycles. The summed E-state index contributed by atoms with van der Waals surface area (Å²) in [4.78, 5) is 12.3. The van der Waals surface area contributed by atoms with E-state index >= 15 is 0 Å². The van der Waals surface area contributed by atoms with Gasteiger partial charge in [-0.2, -0.15) is 0 Å². The SMILES string of the molecule is O=C(Nc1nnc(C2CCCCC2)s1)NC1CCc2ccccc21. The van der Waals surface area contributed by atoms with Crippen LogP contribution in [0.2, 0.25) is 0 Å². The summed E-state index contributed by atoms with van der Waals surface area (Å²) in [5.74, 6) is 0.525. The van der Waals surface area contributed by atoms with Gasteiger partial charge in [0.25, 0.3) is 0 Å². The summed E-state index contributed by atoms with van der Waals surface area (Å²) in [6.07, 6.45) is 8.23. The Labute approximate surface area is 145 Å². The van der Waals surface area contributed by atoms with Crippen LogP contribution in [0, 0.1) is 0 Å². The van der Waals surface area contributed by atoms with Crippen molar-refractivity contribution in [3.8, 4) is 0 Å². The standard InChI is InChI=1S/C18H22N4OS/c23-17(19-15-11-10-12-6-4-5-9-14(12)15)20-18-22-21-16(24-18)13-7-2-1-3-8-13/h4-6,9,13,15H,1-3,7-8,10-11H2,(H2,19,20,22,23). The highest BCUT2D eigenvalue weighted by Gasteiger charge is 2.24. The van der Waals surface area contributed by atoms with Gasteiger partial charge in [0.1, 0.15) is 5.01 Å². The van der Waals surface area contributed by atoms with E-state index in [1.165, 1.54) is 54.6 Å². The van der Waals surface area contributed by atoms with E-state index in [4.69, 9.17) is 0 Å². The van der Waals surface area contributed by atoms with Crippen molar-refractivity contribution in [2.45, 2.75) is 56.9 Å². The first-order chi connectivity index (χ1) is 11.8. The summed E-state index contributed by atoms with van der Waals surface area (Å²) < 4.78 is 0. The summed E-state index contributed by atoms with van der Waals surface area (Å²) in [5.41, 5.74) is 2.56. The number of nitrogens with one attached hydrogen (secondary N) is 2. The Kier molecular flexibility index (Phi) is 4.47. The number of carbonyl (C=O) groups is 1. The number of aromatic nitrogens is 2. The first-order valence-electron chi connectivity index (χ1n) is 8.78. The van der Waals surface area contributed by atoms with E-state index in [1.54, 1.807) is 0 Å². The Bertz CT molecular complexity index is 723. The third-order valence-electron chi connectivity index (χ3n) is 5.05. The van der Waals surface area contributed by atoms with Gasteiger partial charge < -0.3 is 5.32 Å². The van der Waals surface area contributed by atoms with Crippen molar-refractivity contribution >= 4 is 22.5 Å². The molecule has 5 nitrogen and oxygen atoms in total. The van der Waals surface area contributed by atoms with Crippen molar-refractivity contribution in [2.75, 3.05) is 5.32 Å². The molecule has 4 rings (SSSR count). The molecule has 0 bridgehead atoms. The van der Waals surface area contributed by atoms with Crippen LogP contribution in [0.3, 0.4) is 0 Å². The lowest BCUT2D eigenvalue weighted by atomic mass is 9.90. The van der Waals surface area contributed by atoms with Crippen molar-refractivity contribution in [1.82, 2.24) is 15.5 Å². The maximum atomic E-state index is 12.3. The predicted molar refractivity (Wildman–Crippen MR) is 95.4 cm³/mol. The third-order valence-corrected chi connectivity index (χ3v) is 6.05. The normalized spacial score (nSPS) is 20.6. The second-order valence-corrected chi connectivity index (χ2v) is 7.68. The lowest BCUT2D eigenvalue weighted by Gasteiger charge is -2.18. The molecule has 2 amide bonds. The zero-order chi connectivity index (χ0) is 16.4. The van der Waals surface area contributed by atoms with Crippen LogP contribution in [0.15, 0.2) is 24.3 Å². The first kappa shape index (κ1) is 15.6. The van der Waals surface area contributed by atoms with Gasteiger partial charge in [0.05, 0.1) is 6.04 Å².